The molecule has 0 aliphatic heterocycles. The van der Waals surface area contributed by atoms with Crippen molar-refractivity contribution < 1.29 is 5.11 Å². The second-order valence-electron chi connectivity index (χ2n) is 4.36. The highest BCUT2D eigenvalue weighted by molar-refractivity contribution is 5.46. The van der Waals surface area contributed by atoms with Gasteiger partial charge in [-0.1, -0.05) is 19.1 Å². The Bertz CT molecular complexity index is 320. The molecule has 2 N–H and O–H groups in total. The summed E-state index contributed by atoms with van der Waals surface area (Å²) in [4.78, 5) is 0. The maximum absolute atomic E-state index is 9.05. The zero-order chi connectivity index (χ0) is 10.7. The van der Waals surface area contributed by atoms with Gasteiger partial charge in [-0.15, -0.1) is 0 Å². The van der Waals surface area contributed by atoms with Crippen molar-refractivity contribution in [1.82, 2.24) is 0 Å². The molecule has 1 fully saturated rings. The van der Waals surface area contributed by atoms with E-state index >= 15 is 0 Å². The van der Waals surface area contributed by atoms with E-state index in [9.17, 15) is 0 Å². The van der Waals surface area contributed by atoms with Crippen molar-refractivity contribution in [2.75, 3.05) is 5.32 Å². The molecule has 0 saturated heterocycles. The molecule has 0 heterocycles. The van der Waals surface area contributed by atoms with Crippen molar-refractivity contribution in [1.29, 1.82) is 0 Å². The summed E-state index contributed by atoms with van der Waals surface area (Å²) in [5.74, 6) is 0.868. The molecule has 2 heteroatoms. The van der Waals surface area contributed by atoms with Crippen LogP contribution < -0.4 is 5.32 Å². The molecule has 2 nitrogen and oxygen atoms in total. The zero-order valence-corrected chi connectivity index (χ0v) is 9.24. The second kappa shape index (κ2) is 4.67. The lowest BCUT2D eigenvalue weighted by Gasteiger charge is -2.17. The fourth-order valence-corrected chi connectivity index (χ4v) is 2.03. The summed E-state index contributed by atoms with van der Waals surface area (Å²) in [5, 5.41) is 12.6. The normalized spacial score (nSPS) is 17.5. The van der Waals surface area contributed by atoms with Crippen LogP contribution in [0.2, 0.25) is 0 Å². The highest BCUT2D eigenvalue weighted by atomic mass is 16.3. The predicted molar refractivity (Wildman–Crippen MR) is 62.8 cm³/mol. The topological polar surface area (TPSA) is 32.3 Å². The number of aliphatic hydroxyl groups excluding tert-OH is 1. The molecule has 2 rings (SSSR count). The molecule has 1 aliphatic carbocycles. The SMILES string of the molecule is CCC(Nc1cccc(CO)c1)C1CC1. The standard InChI is InChI=1S/C13H19NO/c1-2-13(11-6-7-11)14-12-5-3-4-10(8-12)9-15/h3-5,8,11,13-15H,2,6-7,9H2,1H3. The summed E-state index contributed by atoms with van der Waals surface area (Å²) in [5.41, 5.74) is 2.12. The van der Waals surface area contributed by atoms with Gasteiger partial charge in [0, 0.05) is 11.7 Å². The predicted octanol–water partition coefficient (Wildman–Crippen LogP) is 2.78. The van der Waals surface area contributed by atoms with E-state index in [2.05, 4.69) is 18.3 Å². The zero-order valence-electron chi connectivity index (χ0n) is 9.24. The van der Waals surface area contributed by atoms with Gasteiger partial charge in [-0.3, -0.25) is 0 Å². The number of hydrogen-bond acceptors (Lipinski definition) is 2. The van der Waals surface area contributed by atoms with Gasteiger partial charge in [-0.2, -0.15) is 0 Å². The first-order chi connectivity index (χ1) is 7.33. The Balaban J connectivity index is 2.01. The summed E-state index contributed by atoms with van der Waals surface area (Å²) in [6.07, 6.45) is 3.91. The minimum atomic E-state index is 0.121. The first-order valence-corrected chi connectivity index (χ1v) is 5.80. The Hall–Kier alpha value is -1.02. The van der Waals surface area contributed by atoms with Crippen molar-refractivity contribution in [3.63, 3.8) is 0 Å². The van der Waals surface area contributed by atoms with Crippen molar-refractivity contribution in [3.05, 3.63) is 29.8 Å². The van der Waals surface area contributed by atoms with Crippen molar-refractivity contribution in [2.45, 2.75) is 38.8 Å². The molecular weight excluding hydrogens is 186 g/mol. The van der Waals surface area contributed by atoms with Crippen LogP contribution in [0.3, 0.4) is 0 Å². The molecule has 1 aromatic rings. The maximum atomic E-state index is 9.05. The summed E-state index contributed by atoms with van der Waals surface area (Å²) in [6.45, 7) is 2.35. The molecule has 0 amide bonds. The van der Waals surface area contributed by atoms with Crippen LogP contribution in [0.4, 0.5) is 5.69 Å². The fourth-order valence-electron chi connectivity index (χ4n) is 2.03. The van der Waals surface area contributed by atoms with Gasteiger partial charge >= 0.3 is 0 Å². The Kier molecular flexibility index (Phi) is 3.27. The third-order valence-corrected chi connectivity index (χ3v) is 3.09. The quantitative estimate of drug-likeness (QED) is 0.774. The first kappa shape index (κ1) is 10.5. The average Bonchev–Trinajstić information content (AvgIpc) is 3.10. The molecule has 0 aromatic heterocycles. The van der Waals surface area contributed by atoms with Gasteiger partial charge in [-0.25, -0.2) is 0 Å². The number of hydrogen-bond donors (Lipinski definition) is 2. The molecule has 0 radical (unpaired) electrons. The molecule has 0 bridgehead atoms. The average molecular weight is 205 g/mol. The van der Waals surface area contributed by atoms with Crippen LogP contribution in [0.1, 0.15) is 31.7 Å². The van der Waals surface area contributed by atoms with Gasteiger partial charge in [0.25, 0.3) is 0 Å². The Morgan fingerprint density at radius 2 is 2.27 bits per heavy atom. The van der Waals surface area contributed by atoms with Crippen LogP contribution in [-0.4, -0.2) is 11.1 Å². The first-order valence-electron chi connectivity index (χ1n) is 5.80. The van der Waals surface area contributed by atoms with Gasteiger partial charge in [0.1, 0.15) is 0 Å². The molecule has 0 spiro atoms. The van der Waals surface area contributed by atoms with Crippen LogP contribution >= 0.6 is 0 Å². The second-order valence-corrected chi connectivity index (χ2v) is 4.36. The highest BCUT2D eigenvalue weighted by Crippen LogP contribution is 2.35. The number of anilines is 1. The van der Waals surface area contributed by atoms with Gasteiger partial charge < -0.3 is 10.4 Å². The van der Waals surface area contributed by atoms with Crippen LogP contribution in [-0.2, 0) is 6.61 Å². The number of nitrogens with one attached hydrogen (secondary N) is 1. The molecule has 1 aliphatic rings. The summed E-state index contributed by atoms with van der Waals surface area (Å²) >= 11 is 0. The van der Waals surface area contributed by atoms with Crippen molar-refractivity contribution >= 4 is 5.69 Å². The van der Waals surface area contributed by atoms with Crippen LogP contribution in [0.25, 0.3) is 0 Å². The molecule has 1 aromatic carbocycles. The minimum absolute atomic E-state index is 0.121. The largest absolute Gasteiger partial charge is 0.392 e. The van der Waals surface area contributed by atoms with Crippen LogP contribution in [0.15, 0.2) is 24.3 Å². The third-order valence-electron chi connectivity index (χ3n) is 3.09. The molecule has 1 saturated carbocycles. The van der Waals surface area contributed by atoms with Gasteiger partial charge in [0.2, 0.25) is 0 Å². The van der Waals surface area contributed by atoms with E-state index in [1.807, 2.05) is 18.2 Å². The maximum Gasteiger partial charge on any atom is 0.0682 e. The van der Waals surface area contributed by atoms with Gasteiger partial charge in [-0.05, 0) is 42.9 Å². The number of benzene rings is 1. The summed E-state index contributed by atoms with van der Waals surface area (Å²) in [7, 11) is 0. The molecule has 1 atom stereocenters. The van der Waals surface area contributed by atoms with Crippen molar-refractivity contribution in [2.24, 2.45) is 5.92 Å². The van der Waals surface area contributed by atoms with Crippen molar-refractivity contribution in [3.8, 4) is 0 Å². The van der Waals surface area contributed by atoms with Crippen LogP contribution in [0.5, 0.6) is 0 Å². The third kappa shape index (κ3) is 2.72. The Labute approximate surface area is 91.3 Å². The lowest BCUT2D eigenvalue weighted by molar-refractivity contribution is 0.282. The summed E-state index contributed by atoms with van der Waals surface area (Å²) in [6, 6.07) is 8.66. The van der Waals surface area contributed by atoms with E-state index in [0.29, 0.717) is 6.04 Å². The summed E-state index contributed by atoms with van der Waals surface area (Å²) < 4.78 is 0. The molecular formula is C13H19NO. The number of aliphatic hydroxyl groups is 1. The lowest BCUT2D eigenvalue weighted by atomic mass is 10.1. The molecule has 1 unspecified atom stereocenters. The smallest absolute Gasteiger partial charge is 0.0682 e. The van der Waals surface area contributed by atoms with E-state index in [-0.39, 0.29) is 6.61 Å². The van der Waals surface area contributed by atoms with Gasteiger partial charge in [0.15, 0.2) is 0 Å². The molecule has 15 heavy (non-hydrogen) atoms. The van der Waals surface area contributed by atoms with E-state index in [4.69, 9.17) is 5.11 Å². The monoisotopic (exact) mass is 205 g/mol. The van der Waals surface area contributed by atoms with E-state index in [1.165, 1.54) is 19.3 Å². The Morgan fingerprint density at radius 3 is 2.87 bits per heavy atom. The molecule has 82 valence electrons. The fraction of sp³-hybridized carbons (Fsp3) is 0.538. The van der Waals surface area contributed by atoms with Crippen LogP contribution in [0, 0.1) is 5.92 Å². The van der Waals surface area contributed by atoms with E-state index in [0.717, 1.165) is 17.2 Å². The van der Waals surface area contributed by atoms with E-state index in [1.54, 1.807) is 0 Å². The minimum Gasteiger partial charge on any atom is -0.392 e. The Morgan fingerprint density at radius 1 is 1.47 bits per heavy atom. The number of rotatable bonds is 5. The lowest BCUT2D eigenvalue weighted by Crippen LogP contribution is -2.20. The van der Waals surface area contributed by atoms with E-state index < -0.39 is 0 Å². The highest BCUT2D eigenvalue weighted by Gasteiger charge is 2.29. The van der Waals surface area contributed by atoms with Gasteiger partial charge in [0.05, 0.1) is 6.61 Å².